The van der Waals surface area contributed by atoms with Gasteiger partial charge in [0.1, 0.15) is 11.6 Å². The molecular formula is C25H25FN6O3. The zero-order valence-electron chi connectivity index (χ0n) is 19.7. The zero-order valence-corrected chi connectivity index (χ0v) is 19.7. The van der Waals surface area contributed by atoms with Gasteiger partial charge < -0.3 is 25.9 Å². The van der Waals surface area contributed by atoms with E-state index in [1.54, 1.807) is 38.1 Å². The minimum Gasteiger partial charge on any atom is -0.495 e. The van der Waals surface area contributed by atoms with Gasteiger partial charge >= 0.3 is 0 Å². The average Bonchev–Trinajstić information content (AvgIpc) is 3.44. The third kappa shape index (κ3) is 4.33. The van der Waals surface area contributed by atoms with Crippen LogP contribution in [0.15, 0.2) is 60.4 Å². The van der Waals surface area contributed by atoms with Crippen LogP contribution in [0.3, 0.4) is 0 Å². The van der Waals surface area contributed by atoms with Crippen LogP contribution in [-0.4, -0.2) is 32.6 Å². The summed E-state index contributed by atoms with van der Waals surface area (Å²) in [4.78, 5) is 20.5. The Hall–Kier alpha value is -4.60. The molecule has 0 aliphatic rings. The molecule has 0 unspecified atom stereocenters. The van der Waals surface area contributed by atoms with Crippen LogP contribution < -0.4 is 20.9 Å². The molecule has 180 valence electrons. The number of carbonyl (C=O) groups excluding carboxylic acids is 1. The number of aromatic amines is 1. The molecule has 10 heteroatoms. The van der Waals surface area contributed by atoms with Gasteiger partial charge in [0.05, 0.1) is 42.1 Å². The van der Waals surface area contributed by atoms with Crippen LogP contribution in [0, 0.1) is 6.92 Å². The Morgan fingerprint density at radius 2 is 1.91 bits per heavy atom. The van der Waals surface area contributed by atoms with E-state index >= 15 is 0 Å². The maximum absolute atomic E-state index is 13.9. The van der Waals surface area contributed by atoms with Gasteiger partial charge in [-0.2, -0.15) is 5.10 Å². The predicted molar refractivity (Wildman–Crippen MR) is 132 cm³/mol. The first-order valence-electron chi connectivity index (χ1n) is 10.7. The number of rotatable bonds is 7. The molecule has 0 aliphatic heterocycles. The molecule has 0 amide bonds. The Bertz CT molecular complexity index is 1500. The minimum absolute atomic E-state index is 0.0661. The highest BCUT2D eigenvalue weighted by molar-refractivity contribution is 6.12. The van der Waals surface area contributed by atoms with Crippen molar-refractivity contribution < 1.29 is 18.7 Å². The number of nitrogens with two attached hydrogens (primary N) is 2. The molecule has 0 bridgehead atoms. The van der Waals surface area contributed by atoms with Crippen LogP contribution in [0.2, 0.25) is 0 Å². The van der Waals surface area contributed by atoms with Crippen LogP contribution in [0.5, 0.6) is 11.6 Å². The van der Waals surface area contributed by atoms with Gasteiger partial charge in [-0.1, -0.05) is 0 Å². The van der Waals surface area contributed by atoms with Crippen molar-refractivity contribution in [3.05, 3.63) is 77.2 Å². The molecule has 35 heavy (non-hydrogen) atoms. The molecule has 9 nitrogen and oxygen atoms in total. The summed E-state index contributed by atoms with van der Waals surface area (Å²) in [5.74, 6) is 0.135. The van der Waals surface area contributed by atoms with E-state index in [4.69, 9.17) is 20.9 Å². The molecule has 3 aromatic heterocycles. The van der Waals surface area contributed by atoms with Crippen molar-refractivity contribution in [2.24, 2.45) is 0 Å². The molecule has 0 saturated heterocycles. The maximum Gasteiger partial charge on any atom is 0.219 e. The summed E-state index contributed by atoms with van der Waals surface area (Å²) in [5, 5.41) is 5.07. The number of hydrogen-bond donors (Lipinski definition) is 3. The van der Waals surface area contributed by atoms with Gasteiger partial charge in [-0.15, -0.1) is 0 Å². The fraction of sp³-hybridized carbons (Fsp3) is 0.160. The minimum atomic E-state index is -0.492. The second-order valence-electron chi connectivity index (χ2n) is 7.75. The number of nitrogen functional groups attached to an aromatic ring is 2. The second-order valence-corrected chi connectivity index (χ2v) is 7.75. The summed E-state index contributed by atoms with van der Waals surface area (Å²) in [6.45, 7) is 5.05. The summed E-state index contributed by atoms with van der Waals surface area (Å²) in [6, 6.07) is 6.81. The van der Waals surface area contributed by atoms with Gasteiger partial charge in [0.2, 0.25) is 11.7 Å². The summed E-state index contributed by atoms with van der Waals surface area (Å²) >= 11 is 0. The first-order chi connectivity index (χ1) is 16.8. The highest BCUT2D eigenvalue weighted by Crippen LogP contribution is 2.30. The van der Waals surface area contributed by atoms with Crippen LogP contribution in [0.25, 0.3) is 16.6 Å². The standard InChI is InChI=1S/C25H25FN6O3/c1-5-16(26)21(6-2)35-23-7-13(3)20(12-29-23)32-25(28)15(11-30-32)24(33)19-8-14-9-22(34-4)17(27)10-18(14)31-19/h5-12,31H,27-28H2,1-4H3/b16-5+,21-6+. The van der Waals surface area contributed by atoms with Crippen molar-refractivity contribution in [3.8, 4) is 17.3 Å². The molecule has 0 saturated carbocycles. The fourth-order valence-corrected chi connectivity index (χ4v) is 3.65. The Morgan fingerprint density at radius 1 is 1.14 bits per heavy atom. The van der Waals surface area contributed by atoms with E-state index in [1.165, 1.54) is 36.3 Å². The van der Waals surface area contributed by atoms with E-state index in [2.05, 4.69) is 15.1 Å². The van der Waals surface area contributed by atoms with Crippen LogP contribution in [0.4, 0.5) is 15.9 Å². The number of allylic oxidation sites excluding steroid dienone is 3. The first-order valence-corrected chi connectivity index (χ1v) is 10.7. The monoisotopic (exact) mass is 476 g/mol. The van der Waals surface area contributed by atoms with Gasteiger partial charge in [0.15, 0.2) is 11.6 Å². The molecule has 0 radical (unpaired) electrons. The summed E-state index contributed by atoms with van der Waals surface area (Å²) < 4.78 is 26.1. The summed E-state index contributed by atoms with van der Waals surface area (Å²) in [5.41, 5.74) is 15.3. The second kappa shape index (κ2) is 9.34. The number of H-pyrrole nitrogens is 1. The number of hydrogen-bond acceptors (Lipinski definition) is 7. The number of nitrogens with zero attached hydrogens (tertiary/aromatic N) is 3. The van der Waals surface area contributed by atoms with Crippen molar-refractivity contribution >= 4 is 28.2 Å². The van der Waals surface area contributed by atoms with E-state index in [9.17, 15) is 9.18 Å². The molecule has 4 aromatic rings. The van der Waals surface area contributed by atoms with Gasteiger partial charge in [0, 0.05) is 17.0 Å². The van der Waals surface area contributed by atoms with Crippen molar-refractivity contribution in [3.63, 3.8) is 0 Å². The highest BCUT2D eigenvalue weighted by Gasteiger charge is 2.21. The van der Waals surface area contributed by atoms with E-state index < -0.39 is 5.83 Å². The maximum atomic E-state index is 13.9. The van der Waals surface area contributed by atoms with E-state index in [-0.39, 0.29) is 28.8 Å². The lowest BCUT2D eigenvalue weighted by Gasteiger charge is -2.11. The molecule has 3 heterocycles. The summed E-state index contributed by atoms with van der Waals surface area (Å²) in [6.07, 6.45) is 5.72. The number of ether oxygens (including phenoxy) is 2. The fourth-order valence-electron chi connectivity index (χ4n) is 3.65. The number of benzene rings is 1. The van der Waals surface area contributed by atoms with Crippen molar-refractivity contribution in [2.45, 2.75) is 20.8 Å². The van der Waals surface area contributed by atoms with E-state index in [0.29, 0.717) is 33.9 Å². The number of anilines is 2. The number of nitrogens with one attached hydrogen (secondary N) is 1. The molecule has 0 atom stereocenters. The molecule has 0 aliphatic carbocycles. The Kier molecular flexibility index (Phi) is 6.28. The molecule has 0 spiro atoms. The number of pyridine rings is 1. The Morgan fingerprint density at radius 3 is 2.57 bits per heavy atom. The van der Waals surface area contributed by atoms with Crippen LogP contribution >= 0.6 is 0 Å². The smallest absolute Gasteiger partial charge is 0.219 e. The van der Waals surface area contributed by atoms with Gasteiger partial charge in [-0.3, -0.25) is 4.79 Å². The van der Waals surface area contributed by atoms with E-state index in [0.717, 1.165) is 5.39 Å². The number of aryl methyl sites for hydroxylation is 1. The molecule has 1 aromatic carbocycles. The molecule has 5 N–H and O–H groups in total. The third-order valence-corrected chi connectivity index (χ3v) is 5.52. The average molecular weight is 477 g/mol. The zero-order chi connectivity index (χ0) is 25.3. The lowest BCUT2D eigenvalue weighted by atomic mass is 10.1. The lowest BCUT2D eigenvalue weighted by molar-refractivity contribution is 0.103. The topological polar surface area (TPSA) is 134 Å². The molecule has 4 rings (SSSR count). The van der Waals surface area contributed by atoms with Crippen LogP contribution in [-0.2, 0) is 0 Å². The largest absolute Gasteiger partial charge is 0.495 e. The van der Waals surface area contributed by atoms with E-state index in [1.807, 2.05) is 6.92 Å². The van der Waals surface area contributed by atoms with Gasteiger partial charge in [-0.05, 0) is 56.7 Å². The van der Waals surface area contributed by atoms with Crippen molar-refractivity contribution in [1.29, 1.82) is 0 Å². The number of carbonyl (C=O) groups is 1. The number of halogens is 1. The van der Waals surface area contributed by atoms with Crippen molar-refractivity contribution in [2.75, 3.05) is 18.6 Å². The number of methoxy groups -OCH3 is 1. The highest BCUT2D eigenvalue weighted by atomic mass is 19.1. The predicted octanol–water partition coefficient (Wildman–Crippen LogP) is 4.62. The van der Waals surface area contributed by atoms with Gasteiger partial charge in [0.25, 0.3) is 0 Å². The molecule has 0 fully saturated rings. The number of fused-ring (bicyclic) bond motifs is 1. The third-order valence-electron chi connectivity index (χ3n) is 5.52. The Labute approximate surface area is 200 Å². The summed E-state index contributed by atoms with van der Waals surface area (Å²) in [7, 11) is 1.53. The molecular weight excluding hydrogens is 451 g/mol. The van der Waals surface area contributed by atoms with Crippen LogP contribution in [0.1, 0.15) is 35.5 Å². The quantitative estimate of drug-likeness (QED) is 0.153. The Balaban J connectivity index is 1.64. The normalized spacial score (nSPS) is 12.3. The van der Waals surface area contributed by atoms with Gasteiger partial charge in [-0.25, -0.2) is 14.1 Å². The first kappa shape index (κ1) is 23.6. The van der Waals surface area contributed by atoms with Crippen molar-refractivity contribution in [1.82, 2.24) is 19.7 Å². The number of ketones is 1. The number of aromatic nitrogens is 4. The lowest BCUT2D eigenvalue weighted by Crippen LogP contribution is -2.09. The SMILES string of the molecule is C/C=C(F)\C(=C/C)Oc1cc(C)c(-n2ncc(C(=O)c3cc4cc(OC)c(N)cc4[nH]3)c2N)cn1.